The van der Waals surface area contributed by atoms with Crippen molar-refractivity contribution in [3.8, 4) is 0 Å². The fraction of sp³-hybridized carbons (Fsp3) is 0.174. The molecule has 9 heteroatoms. The van der Waals surface area contributed by atoms with E-state index in [-0.39, 0.29) is 18.4 Å². The van der Waals surface area contributed by atoms with Crippen LogP contribution in [0.1, 0.15) is 20.9 Å². The average molecular weight is 469 g/mol. The number of nitrogens with zero attached hydrogens (tertiary/aromatic N) is 2. The van der Waals surface area contributed by atoms with Crippen molar-refractivity contribution < 1.29 is 14.3 Å². The van der Waals surface area contributed by atoms with Crippen LogP contribution in [0.2, 0.25) is 5.02 Å². The molecule has 164 valence electrons. The summed E-state index contributed by atoms with van der Waals surface area (Å²) in [7, 11) is 1.45. The van der Waals surface area contributed by atoms with Gasteiger partial charge in [0.15, 0.2) is 0 Å². The molecule has 7 nitrogen and oxygen atoms in total. The van der Waals surface area contributed by atoms with Crippen molar-refractivity contribution in [2.75, 3.05) is 24.4 Å². The van der Waals surface area contributed by atoms with Crippen LogP contribution in [0.15, 0.2) is 54.6 Å². The van der Waals surface area contributed by atoms with Gasteiger partial charge in [0.05, 0.1) is 17.1 Å². The molecule has 2 heterocycles. The molecule has 2 amide bonds. The maximum absolute atomic E-state index is 12.9. The maximum atomic E-state index is 12.9. The number of ether oxygens (including phenoxy) is 1. The summed E-state index contributed by atoms with van der Waals surface area (Å²) in [6.07, 6.45) is 0. The minimum absolute atomic E-state index is 0.0388. The quantitative estimate of drug-likeness (QED) is 0.402. The largest absolute Gasteiger partial charge is 0.375 e. The van der Waals surface area contributed by atoms with E-state index in [1.807, 2.05) is 41.9 Å². The van der Waals surface area contributed by atoms with E-state index >= 15 is 0 Å². The Labute approximate surface area is 194 Å². The van der Waals surface area contributed by atoms with Crippen molar-refractivity contribution in [1.82, 2.24) is 9.78 Å². The third kappa shape index (κ3) is 4.83. The molecule has 4 aromatic rings. The molecular formula is C23H21ClN4O3S. The molecule has 0 fully saturated rings. The number of methoxy groups -OCH3 is 1. The van der Waals surface area contributed by atoms with Gasteiger partial charge in [-0.1, -0.05) is 35.9 Å². The average Bonchev–Trinajstić information content (AvgIpc) is 3.31. The number of aromatic nitrogens is 2. The predicted molar refractivity (Wildman–Crippen MR) is 128 cm³/mol. The summed E-state index contributed by atoms with van der Waals surface area (Å²) in [5.41, 5.74) is 2.97. The molecule has 0 aliphatic carbocycles. The van der Waals surface area contributed by atoms with Crippen LogP contribution in [0.25, 0.3) is 10.2 Å². The Morgan fingerprint density at radius 1 is 1.09 bits per heavy atom. The number of carbonyl (C=O) groups excluding carboxylic acids is 2. The van der Waals surface area contributed by atoms with Crippen LogP contribution in [0.5, 0.6) is 0 Å². The van der Waals surface area contributed by atoms with Crippen LogP contribution >= 0.6 is 22.9 Å². The SMILES string of the molecule is COCC(=O)Nc1cccc(NC(=O)c2cc3c(C)nn(Cc4ccccc4Cl)c3s2)c1. The zero-order valence-corrected chi connectivity index (χ0v) is 19.1. The fourth-order valence-electron chi connectivity index (χ4n) is 3.32. The number of thiophene rings is 1. The predicted octanol–water partition coefficient (Wildman–Crippen LogP) is 4.95. The summed E-state index contributed by atoms with van der Waals surface area (Å²) in [5.74, 6) is -0.491. The van der Waals surface area contributed by atoms with Crippen molar-refractivity contribution in [1.29, 1.82) is 0 Å². The highest BCUT2D eigenvalue weighted by molar-refractivity contribution is 7.20. The van der Waals surface area contributed by atoms with Crippen molar-refractivity contribution >= 4 is 56.3 Å². The van der Waals surface area contributed by atoms with Crippen LogP contribution in [0.4, 0.5) is 11.4 Å². The Bertz CT molecular complexity index is 1300. The van der Waals surface area contributed by atoms with Crippen LogP contribution in [-0.2, 0) is 16.1 Å². The lowest BCUT2D eigenvalue weighted by atomic mass is 10.2. The number of halogens is 1. The summed E-state index contributed by atoms with van der Waals surface area (Å²) in [6, 6.07) is 16.5. The van der Waals surface area contributed by atoms with Gasteiger partial charge in [-0.2, -0.15) is 5.10 Å². The fourth-order valence-corrected chi connectivity index (χ4v) is 4.57. The number of amides is 2. The molecule has 0 spiro atoms. The van der Waals surface area contributed by atoms with Gasteiger partial charge in [-0.05, 0) is 42.8 Å². The highest BCUT2D eigenvalue weighted by Crippen LogP contribution is 2.30. The Balaban J connectivity index is 1.53. The van der Waals surface area contributed by atoms with Gasteiger partial charge in [0.1, 0.15) is 11.4 Å². The number of benzene rings is 2. The number of fused-ring (bicyclic) bond motifs is 1. The van der Waals surface area contributed by atoms with Gasteiger partial charge in [-0.15, -0.1) is 11.3 Å². The Kier molecular flexibility index (Phi) is 6.55. The lowest BCUT2D eigenvalue weighted by molar-refractivity contribution is -0.119. The van der Waals surface area contributed by atoms with Crippen molar-refractivity contribution in [3.05, 3.63) is 75.8 Å². The van der Waals surface area contributed by atoms with E-state index < -0.39 is 0 Å². The molecular weight excluding hydrogens is 448 g/mol. The molecule has 0 aliphatic rings. The first-order valence-electron chi connectivity index (χ1n) is 9.85. The van der Waals surface area contributed by atoms with E-state index in [9.17, 15) is 9.59 Å². The van der Waals surface area contributed by atoms with Crippen LogP contribution in [0.3, 0.4) is 0 Å². The van der Waals surface area contributed by atoms with Gasteiger partial charge in [0, 0.05) is 28.9 Å². The molecule has 2 N–H and O–H groups in total. The summed E-state index contributed by atoms with van der Waals surface area (Å²) in [6.45, 7) is 2.41. The number of hydrogen-bond donors (Lipinski definition) is 2. The number of aryl methyl sites for hydroxylation is 1. The molecule has 2 aromatic heterocycles. The van der Waals surface area contributed by atoms with Gasteiger partial charge >= 0.3 is 0 Å². The second kappa shape index (κ2) is 9.52. The molecule has 0 atom stereocenters. The van der Waals surface area contributed by atoms with Crippen LogP contribution in [0, 0.1) is 6.92 Å². The van der Waals surface area contributed by atoms with E-state index in [1.165, 1.54) is 18.4 Å². The summed E-state index contributed by atoms with van der Waals surface area (Å²) in [5, 5.41) is 11.8. The smallest absolute Gasteiger partial charge is 0.265 e. The third-order valence-corrected chi connectivity index (χ3v) is 6.30. The highest BCUT2D eigenvalue weighted by atomic mass is 35.5. The number of carbonyl (C=O) groups is 2. The molecule has 0 unspecified atom stereocenters. The molecule has 0 radical (unpaired) electrons. The maximum Gasteiger partial charge on any atom is 0.265 e. The Morgan fingerprint density at radius 2 is 1.84 bits per heavy atom. The zero-order chi connectivity index (χ0) is 22.7. The number of nitrogens with one attached hydrogen (secondary N) is 2. The normalized spacial score (nSPS) is 11.0. The summed E-state index contributed by atoms with van der Waals surface area (Å²) < 4.78 is 6.69. The van der Waals surface area contributed by atoms with Crippen molar-refractivity contribution in [2.45, 2.75) is 13.5 Å². The summed E-state index contributed by atoms with van der Waals surface area (Å²) in [4.78, 5) is 26.1. The Hall–Kier alpha value is -3.20. The molecule has 0 saturated carbocycles. The highest BCUT2D eigenvalue weighted by Gasteiger charge is 2.17. The summed E-state index contributed by atoms with van der Waals surface area (Å²) >= 11 is 7.68. The van der Waals surface area contributed by atoms with Crippen LogP contribution in [-0.4, -0.2) is 35.3 Å². The number of rotatable bonds is 7. The minimum atomic E-state index is -0.265. The van der Waals surface area contributed by atoms with Crippen molar-refractivity contribution in [2.24, 2.45) is 0 Å². The monoisotopic (exact) mass is 468 g/mol. The Morgan fingerprint density at radius 3 is 2.59 bits per heavy atom. The van der Waals surface area contributed by atoms with Crippen molar-refractivity contribution in [3.63, 3.8) is 0 Å². The van der Waals surface area contributed by atoms with Gasteiger partial charge in [0.25, 0.3) is 5.91 Å². The number of anilines is 2. The molecule has 2 aromatic carbocycles. The first-order chi connectivity index (χ1) is 15.4. The standard InChI is InChI=1S/C23H21ClN4O3S/c1-14-18-11-20(32-23(18)28(27-14)12-15-6-3-4-9-19(15)24)22(30)26-17-8-5-7-16(10-17)25-21(29)13-31-2/h3-11H,12-13H2,1-2H3,(H,25,29)(H,26,30). The minimum Gasteiger partial charge on any atom is -0.375 e. The molecule has 0 aliphatic heterocycles. The molecule has 0 saturated heterocycles. The van der Waals surface area contributed by atoms with E-state index in [0.717, 1.165) is 21.5 Å². The lowest BCUT2D eigenvalue weighted by Gasteiger charge is -2.08. The second-order valence-electron chi connectivity index (χ2n) is 7.18. The third-order valence-electron chi connectivity index (χ3n) is 4.79. The topological polar surface area (TPSA) is 85.2 Å². The second-order valence-corrected chi connectivity index (χ2v) is 8.62. The van der Waals surface area contributed by atoms with Gasteiger partial charge in [-0.25, -0.2) is 0 Å². The molecule has 32 heavy (non-hydrogen) atoms. The van der Waals surface area contributed by atoms with E-state index in [0.29, 0.717) is 27.8 Å². The van der Waals surface area contributed by atoms with Gasteiger partial charge < -0.3 is 15.4 Å². The van der Waals surface area contributed by atoms with Gasteiger partial charge in [-0.3, -0.25) is 14.3 Å². The molecule has 0 bridgehead atoms. The van der Waals surface area contributed by atoms with Crippen LogP contribution < -0.4 is 10.6 Å². The lowest BCUT2D eigenvalue weighted by Crippen LogP contribution is -2.17. The first-order valence-corrected chi connectivity index (χ1v) is 11.0. The van der Waals surface area contributed by atoms with Gasteiger partial charge in [0.2, 0.25) is 5.91 Å². The molecule has 4 rings (SSSR count). The van der Waals surface area contributed by atoms with E-state index in [1.54, 1.807) is 24.3 Å². The van der Waals surface area contributed by atoms with E-state index in [4.69, 9.17) is 16.3 Å². The number of hydrogen-bond acceptors (Lipinski definition) is 5. The zero-order valence-electron chi connectivity index (χ0n) is 17.5. The van der Waals surface area contributed by atoms with E-state index in [2.05, 4.69) is 15.7 Å². The first kappa shape index (κ1) is 22.0.